The summed E-state index contributed by atoms with van der Waals surface area (Å²) in [5.74, 6) is 0. The Morgan fingerprint density at radius 2 is 1.69 bits per heavy atom. The number of piperazine rings is 1. The normalized spacial score (nSPS) is 16.2. The van der Waals surface area contributed by atoms with Crippen LogP contribution in [0.25, 0.3) is 0 Å². The minimum atomic E-state index is -3.31. The summed E-state index contributed by atoms with van der Waals surface area (Å²) in [6, 6.07) is 15.4. The van der Waals surface area contributed by atoms with Crippen molar-refractivity contribution in [3.05, 3.63) is 59.1 Å². The van der Waals surface area contributed by atoms with Gasteiger partial charge in [-0.1, -0.05) is 35.9 Å². The number of nitrogens with one attached hydrogen (secondary N) is 1. The summed E-state index contributed by atoms with van der Waals surface area (Å²) in [5, 5.41) is 0.735. The molecular weight excluding hydrogens is 431 g/mol. The van der Waals surface area contributed by atoms with Gasteiger partial charge in [0.05, 0.1) is 17.6 Å². The molecule has 0 unspecified atom stereocenters. The van der Waals surface area contributed by atoms with Crippen LogP contribution in [0.5, 0.6) is 0 Å². The van der Waals surface area contributed by atoms with Crippen molar-refractivity contribution in [2.75, 3.05) is 48.6 Å². The second kappa shape index (κ2) is 10.5. The molecule has 1 heterocycles. The van der Waals surface area contributed by atoms with Crippen LogP contribution in [-0.4, -0.2) is 58.3 Å². The van der Waals surface area contributed by atoms with Crippen molar-refractivity contribution in [3.8, 4) is 0 Å². The molecule has 1 atom stereocenters. The number of benzene rings is 2. The summed E-state index contributed by atoms with van der Waals surface area (Å²) in [5.41, 5.74) is 9.08. The van der Waals surface area contributed by atoms with Crippen LogP contribution in [0.1, 0.15) is 5.56 Å². The average molecular weight is 459 g/mol. The molecule has 1 aliphatic heterocycles. The zero-order valence-electron chi connectivity index (χ0n) is 16.4. The Morgan fingerprint density at radius 3 is 2.31 bits per heavy atom. The van der Waals surface area contributed by atoms with Crippen LogP contribution in [0.15, 0.2) is 48.5 Å². The molecular formula is C20H28Cl2N4O2S. The van der Waals surface area contributed by atoms with Crippen LogP contribution in [0.2, 0.25) is 5.02 Å². The van der Waals surface area contributed by atoms with Gasteiger partial charge in [-0.05, 0) is 36.2 Å². The van der Waals surface area contributed by atoms with E-state index >= 15 is 0 Å². The van der Waals surface area contributed by atoms with E-state index in [-0.39, 0.29) is 18.4 Å². The molecule has 0 radical (unpaired) electrons. The van der Waals surface area contributed by atoms with Crippen LogP contribution in [-0.2, 0) is 16.4 Å². The first-order chi connectivity index (χ1) is 13.3. The molecule has 2 aromatic rings. The number of nitrogens with two attached hydrogens (primary N) is 1. The Morgan fingerprint density at radius 1 is 1.07 bits per heavy atom. The van der Waals surface area contributed by atoms with E-state index in [9.17, 15) is 8.42 Å². The highest BCUT2D eigenvalue weighted by molar-refractivity contribution is 7.92. The highest BCUT2D eigenvalue weighted by Crippen LogP contribution is 2.27. The van der Waals surface area contributed by atoms with E-state index in [1.807, 2.05) is 42.5 Å². The smallest absolute Gasteiger partial charge is 0.229 e. The Kier molecular flexibility index (Phi) is 8.60. The average Bonchev–Trinajstić information content (AvgIpc) is 2.63. The van der Waals surface area contributed by atoms with Crippen LogP contribution in [0.3, 0.4) is 0 Å². The molecule has 0 bridgehead atoms. The van der Waals surface area contributed by atoms with Gasteiger partial charge < -0.3 is 10.6 Å². The first-order valence-corrected chi connectivity index (χ1v) is 11.6. The lowest BCUT2D eigenvalue weighted by atomic mass is 10.1. The van der Waals surface area contributed by atoms with Gasteiger partial charge in [-0.25, -0.2) is 8.42 Å². The molecule has 0 saturated carbocycles. The predicted molar refractivity (Wildman–Crippen MR) is 124 cm³/mol. The summed E-state index contributed by atoms with van der Waals surface area (Å²) in [7, 11) is -3.31. The summed E-state index contributed by atoms with van der Waals surface area (Å²) in [4.78, 5) is 4.58. The zero-order chi connectivity index (χ0) is 20.1. The predicted octanol–water partition coefficient (Wildman–Crippen LogP) is 2.83. The number of hydrogen-bond acceptors (Lipinski definition) is 5. The van der Waals surface area contributed by atoms with E-state index < -0.39 is 10.0 Å². The zero-order valence-corrected chi connectivity index (χ0v) is 18.8. The fraction of sp³-hybridized carbons (Fsp3) is 0.400. The minimum absolute atomic E-state index is 0. The van der Waals surface area contributed by atoms with Crippen LogP contribution in [0.4, 0.5) is 11.4 Å². The summed E-state index contributed by atoms with van der Waals surface area (Å²) in [6.07, 6.45) is 1.99. The number of rotatable bonds is 7. The van der Waals surface area contributed by atoms with Crippen molar-refractivity contribution in [2.45, 2.75) is 12.5 Å². The van der Waals surface area contributed by atoms with Gasteiger partial charge in [-0.2, -0.15) is 0 Å². The summed E-state index contributed by atoms with van der Waals surface area (Å²) >= 11 is 5.93. The number of sulfonamides is 1. The highest BCUT2D eigenvalue weighted by Gasteiger charge is 2.21. The maximum absolute atomic E-state index is 11.6. The molecule has 0 spiro atoms. The molecule has 1 aliphatic rings. The van der Waals surface area contributed by atoms with Gasteiger partial charge in [0.25, 0.3) is 0 Å². The molecule has 29 heavy (non-hydrogen) atoms. The first-order valence-electron chi connectivity index (χ1n) is 9.34. The molecule has 9 heteroatoms. The molecule has 1 saturated heterocycles. The van der Waals surface area contributed by atoms with Crippen molar-refractivity contribution in [1.29, 1.82) is 0 Å². The van der Waals surface area contributed by atoms with Crippen molar-refractivity contribution >= 4 is 45.4 Å². The number of anilines is 2. The number of hydrogen-bond donors (Lipinski definition) is 2. The quantitative estimate of drug-likeness (QED) is 0.666. The van der Waals surface area contributed by atoms with Crippen LogP contribution in [0, 0.1) is 0 Å². The lowest BCUT2D eigenvalue weighted by Gasteiger charge is -2.37. The Bertz CT molecular complexity index is 886. The van der Waals surface area contributed by atoms with E-state index in [2.05, 4.69) is 14.5 Å². The molecule has 1 fully saturated rings. The fourth-order valence-electron chi connectivity index (χ4n) is 3.53. The molecule has 6 nitrogen and oxygen atoms in total. The Labute approximate surface area is 184 Å². The minimum Gasteiger partial charge on any atom is -0.367 e. The third-order valence-corrected chi connectivity index (χ3v) is 5.66. The van der Waals surface area contributed by atoms with Gasteiger partial charge in [-0.3, -0.25) is 9.62 Å². The highest BCUT2D eigenvalue weighted by atomic mass is 35.5. The van der Waals surface area contributed by atoms with Crippen molar-refractivity contribution in [2.24, 2.45) is 5.73 Å². The Hall–Kier alpha value is -1.51. The molecule has 0 amide bonds. The second-order valence-corrected chi connectivity index (χ2v) is 9.45. The standard InChI is InChI=1S/C20H27ClN4O2S.ClH/c1-28(26,27)23-19-4-2-3-5-20(19)25-12-10-24(11-13-25)15-18(22)14-16-6-8-17(21)9-7-16;/h2-9,18,23H,10-15,22H2,1H3;1H/t18-;/m0./s1. The number of para-hydroxylation sites is 2. The van der Waals surface area contributed by atoms with Gasteiger partial charge in [0.15, 0.2) is 0 Å². The summed E-state index contributed by atoms with van der Waals surface area (Å²) in [6.45, 7) is 4.27. The molecule has 3 N–H and O–H groups in total. The molecule has 0 aromatic heterocycles. The topological polar surface area (TPSA) is 78.7 Å². The maximum atomic E-state index is 11.6. The maximum Gasteiger partial charge on any atom is 0.229 e. The second-order valence-electron chi connectivity index (χ2n) is 7.27. The number of nitrogens with zero attached hydrogens (tertiary/aromatic N) is 2. The van der Waals surface area contributed by atoms with Crippen LogP contribution < -0.4 is 15.4 Å². The van der Waals surface area contributed by atoms with Gasteiger partial charge in [-0.15, -0.1) is 12.4 Å². The van der Waals surface area contributed by atoms with E-state index in [0.717, 1.165) is 49.9 Å². The van der Waals surface area contributed by atoms with Crippen molar-refractivity contribution in [3.63, 3.8) is 0 Å². The first kappa shape index (κ1) is 23.8. The van der Waals surface area contributed by atoms with E-state index in [0.29, 0.717) is 5.69 Å². The van der Waals surface area contributed by atoms with Gasteiger partial charge in [0.2, 0.25) is 10.0 Å². The largest absolute Gasteiger partial charge is 0.367 e. The van der Waals surface area contributed by atoms with E-state index in [4.69, 9.17) is 17.3 Å². The van der Waals surface area contributed by atoms with E-state index in [1.165, 1.54) is 11.8 Å². The monoisotopic (exact) mass is 458 g/mol. The van der Waals surface area contributed by atoms with Crippen molar-refractivity contribution < 1.29 is 8.42 Å². The third kappa shape index (κ3) is 7.35. The Balaban J connectivity index is 0.00000300. The molecule has 3 rings (SSSR count). The third-order valence-electron chi connectivity index (χ3n) is 4.82. The van der Waals surface area contributed by atoms with Gasteiger partial charge >= 0.3 is 0 Å². The van der Waals surface area contributed by atoms with Crippen LogP contribution >= 0.6 is 24.0 Å². The lowest BCUT2D eigenvalue weighted by molar-refractivity contribution is 0.242. The van der Waals surface area contributed by atoms with Crippen molar-refractivity contribution in [1.82, 2.24) is 4.90 Å². The molecule has 160 valence electrons. The SMILES string of the molecule is CS(=O)(=O)Nc1ccccc1N1CCN(C[C@@H](N)Cc2ccc(Cl)cc2)CC1.Cl. The summed E-state index contributed by atoms with van der Waals surface area (Å²) < 4.78 is 25.8. The lowest BCUT2D eigenvalue weighted by Crippen LogP contribution is -2.50. The molecule has 2 aromatic carbocycles. The molecule has 0 aliphatic carbocycles. The van der Waals surface area contributed by atoms with Gasteiger partial charge in [0.1, 0.15) is 0 Å². The fourth-order valence-corrected chi connectivity index (χ4v) is 4.22. The number of halogens is 2. The van der Waals surface area contributed by atoms with Gasteiger partial charge in [0, 0.05) is 43.8 Å². The van der Waals surface area contributed by atoms with E-state index in [1.54, 1.807) is 6.07 Å².